The maximum atomic E-state index is 12.5. The molecule has 0 aromatic heterocycles. The number of hydrogen-bond acceptors (Lipinski definition) is 3. The van der Waals surface area contributed by atoms with Crippen LogP contribution in [0.4, 0.5) is 18.9 Å². The Balaban J connectivity index is 2.41. The summed E-state index contributed by atoms with van der Waals surface area (Å²) in [7, 11) is 0. The first-order chi connectivity index (χ1) is 9.38. The third-order valence-corrected chi connectivity index (χ3v) is 2.45. The molecule has 0 amide bonds. The molecule has 0 saturated carbocycles. The van der Waals surface area contributed by atoms with Gasteiger partial charge < -0.3 is 4.74 Å². The lowest BCUT2D eigenvalue weighted by Gasteiger charge is -2.09. The summed E-state index contributed by atoms with van der Waals surface area (Å²) >= 11 is 0. The number of ether oxygens (including phenoxy) is 1. The van der Waals surface area contributed by atoms with E-state index in [1.807, 2.05) is 0 Å². The topological polar surface area (TPSA) is 52.4 Å². The van der Waals surface area contributed by atoms with Gasteiger partial charge in [-0.2, -0.15) is 13.2 Å². The zero-order valence-corrected chi connectivity index (χ0v) is 9.92. The molecule has 0 radical (unpaired) electrons. The molecule has 0 aliphatic rings. The molecule has 2 rings (SSSR count). The summed E-state index contributed by atoms with van der Waals surface area (Å²) in [5, 5.41) is 10.8. The molecule has 2 aromatic rings. The van der Waals surface area contributed by atoms with Crippen LogP contribution in [-0.2, 0) is 6.18 Å². The van der Waals surface area contributed by atoms with Crippen LogP contribution < -0.4 is 4.74 Å². The highest BCUT2D eigenvalue weighted by Gasteiger charge is 2.33. The summed E-state index contributed by atoms with van der Waals surface area (Å²) in [6.07, 6.45) is -4.64. The molecule has 4 nitrogen and oxygen atoms in total. The molecule has 0 unspecified atom stereocenters. The minimum absolute atomic E-state index is 0.241. The van der Waals surface area contributed by atoms with Crippen molar-refractivity contribution in [2.75, 3.05) is 0 Å². The lowest BCUT2D eigenvalue weighted by atomic mass is 10.2. The number of alkyl halides is 3. The van der Waals surface area contributed by atoms with Gasteiger partial charge in [0.25, 0.3) is 0 Å². The van der Waals surface area contributed by atoms with Crippen molar-refractivity contribution in [1.29, 1.82) is 0 Å². The van der Waals surface area contributed by atoms with Crippen LogP contribution in [0.15, 0.2) is 48.5 Å². The highest BCUT2D eigenvalue weighted by Crippen LogP contribution is 2.37. The van der Waals surface area contributed by atoms with Crippen molar-refractivity contribution in [3.8, 4) is 11.5 Å². The van der Waals surface area contributed by atoms with Gasteiger partial charge in [-0.3, -0.25) is 10.1 Å². The number of rotatable bonds is 3. The Morgan fingerprint density at radius 1 is 1.05 bits per heavy atom. The largest absolute Gasteiger partial charge is 0.450 e. The maximum Gasteiger partial charge on any atom is 0.416 e. The molecule has 0 spiro atoms. The van der Waals surface area contributed by atoms with Crippen molar-refractivity contribution in [2.45, 2.75) is 6.18 Å². The quantitative estimate of drug-likeness (QED) is 0.619. The maximum absolute atomic E-state index is 12.5. The Hall–Kier alpha value is -2.57. The van der Waals surface area contributed by atoms with Gasteiger partial charge in [0, 0.05) is 6.07 Å². The van der Waals surface area contributed by atoms with Crippen LogP contribution >= 0.6 is 0 Å². The van der Waals surface area contributed by atoms with Crippen molar-refractivity contribution in [2.24, 2.45) is 0 Å². The van der Waals surface area contributed by atoms with Gasteiger partial charge in [0.2, 0.25) is 5.75 Å². The Bertz CT molecular complexity index is 627. The first-order valence-corrected chi connectivity index (χ1v) is 5.46. The molecule has 0 saturated heterocycles. The van der Waals surface area contributed by atoms with Crippen LogP contribution in [0, 0.1) is 10.1 Å². The molecular formula is C13H8F3NO3. The number of nitrogens with zero attached hydrogens (tertiary/aromatic N) is 1. The molecule has 0 bridgehead atoms. The fourth-order valence-corrected chi connectivity index (χ4v) is 1.54. The monoisotopic (exact) mass is 283 g/mol. The fourth-order valence-electron chi connectivity index (χ4n) is 1.54. The van der Waals surface area contributed by atoms with Crippen molar-refractivity contribution in [3.63, 3.8) is 0 Å². The van der Waals surface area contributed by atoms with E-state index in [4.69, 9.17) is 4.74 Å². The van der Waals surface area contributed by atoms with Gasteiger partial charge in [-0.05, 0) is 24.3 Å². The second kappa shape index (κ2) is 5.20. The summed E-state index contributed by atoms with van der Waals surface area (Å²) in [5.74, 6) is 0.0598. The van der Waals surface area contributed by atoms with Crippen LogP contribution in [0.5, 0.6) is 11.5 Å². The highest BCUT2D eigenvalue weighted by atomic mass is 19.4. The smallest absolute Gasteiger partial charge is 0.416 e. The zero-order chi connectivity index (χ0) is 14.8. The second-order valence-corrected chi connectivity index (χ2v) is 3.85. The van der Waals surface area contributed by atoms with E-state index in [1.165, 1.54) is 0 Å². The van der Waals surface area contributed by atoms with E-state index < -0.39 is 22.4 Å². The standard InChI is InChI=1S/C13H8F3NO3/c14-13(15,16)9-6-7-12(11(8-9)17(18)19)20-10-4-2-1-3-5-10/h1-8H. The van der Waals surface area contributed by atoms with Gasteiger partial charge in [-0.15, -0.1) is 0 Å². The van der Waals surface area contributed by atoms with Crippen LogP contribution in [0.1, 0.15) is 5.56 Å². The third kappa shape index (κ3) is 3.05. The SMILES string of the molecule is O=[N+]([O-])c1cc(C(F)(F)F)ccc1Oc1ccccc1. The predicted molar refractivity (Wildman–Crippen MR) is 64.6 cm³/mol. The normalized spacial score (nSPS) is 11.2. The number of para-hydroxylation sites is 1. The summed E-state index contributed by atoms with van der Waals surface area (Å²) in [5.41, 5.74) is -1.83. The zero-order valence-electron chi connectivity index (χ0n) is 9.92. The number of benzene rings is 2. The Morgan fingerprint density at radius 2 is 1.70 bits per heavy atom. The van der Waals surface area contributed by atoms with Gasteiger partial charge >= 0.3 is 11.9 Å². The fraction of sp³-hybridized carbons (Fsp3) is 0.0769. The highest BCUT2D eigenvalue weighted by molar-refractivity contribution is 5.51. The molecule has 0 heterocycles. The van der Waals surface area contributed by atoms with E-state index in [1.54, 1.807) is 30.3 Å². The minimum atomic E-state index is -4.64. The lowest BCUT2D eigenvalue weighted by molar-refractivity contribution is -0.385. The van der Waals surface area contributed by atoms with Crippen LogP contribution in [-0.4, -0.2) is 4.92 Å². The van der Waals surface area contributed by atoms with Gasteiger partial charge in [-0.25, -0.2) is 0 Å². The summed E-state index contributed by atoms with van der Waals surface area (Å²) in [4.78, 5) is 9.94. The molecule has 0 fully saturated rings. The molecule has 0 N–H and O–H groups in total. The molecule has 20 heavy (non-hydrogen) atoms. The van der Waals surface area contributed by atoms with Gasteiger partial charge in [-0.1, -0.05) is 18.2 Å². The van der Waals surface area contributed by atoms with Crippen molar-refractivity contribution in [1.82, 2.24) is 0 Å². The molecule has 104 valence electrons. The molecule has 2 aromatic carbocycles. The number of nitro groups is 1. The number of halogens is 3. The third-order valence-electron chi connectivity index (χ3n) is 2.45. The summed E-state index contributed by atoms with van der Waals surface area (Å²) in [6, 6.07) is 10.2. The van der Waals surface area contributed by atoms with Gasteiger partial charge in [0.05, 0.1) is 10.5 Å². The van der Waals surface area contributed by atoms with E-state index >= 15 is 0 Å². The number of hydrogen-bond donors (Lipinski definition) is 0. The molecule has 0 aliphatic heterocycles. The van der Waals surface area contributed by atoms with E-state index in [0.717, 1.165) is 12.1 Å². The molecular weight excluding hydrogens is 275 g/mol. The molecule has 0 aliphatic carbocycles. The first kappa shape index (κ1) is 13.9. The Labute approximate surface area is 111 Å². The molecule has 7 heteroatoms. The van der Waals surface area contributed by atoms with E-state index in [2.05, 4.69) is 0 Å². The molecule has 0 atom stereocenters. The van der Waals surface area contributed by atoms with Crippen LogP contribution in [0.25, 0.3) is 0 Å². The summed E-state index contributed by atoms with van der Waals surface area (Å²) < 4.78 is 42.8. The Morgan fingerprint density at radius 3 is 2.25 bits per heavy atom. The minimum Gasteiger partial charge on any atom is -0.450 e. The average molecular weight is 283 g/mol. The van der Waals surface area contributed by atoms with Crippen molar-refractivity contribution >= 4 is 5.69 Å². The van der Waals surface area contributed by atoms with E-state index in [0.29, 0.717) is 11.8 Å². The van der Waals surface area contributed by atoms with Crippen LogP contribution in [0.3, 0.4) is 0 Å². The Kier molecular flexibility index (Phi) is 3.60. The van der Waals surface area contributed by atoms with Crippen molar-refractivity contribution in [3.05, 3.63) is 64.2 Å². The van der Waals surface area contributed by atoms with Crippen LogP contribution in [0.2, 0.25) is 0 Å². The second-order valence-electron chi connectivity index (χ2n) is 3.85. The number of nitro benzene ring substituents is 1. The first-order valence-electron chi connectivity index (χ1n) is 5.46. The van der Waals surface area contributed by atoms with E-state index in [-0.39, 0.29) is 5.75 Å². The van der Waals surface area contributed by atoms with E-state index in [9.17, 15) is 23.3 Å². The van der Waals surface area contributed by atoms with Gasteiger partial charge in [0.15, 0.2) is 0 Å². The van der Waals surface area contributed by atoms with Crippen molar-refractivity contribution < 1.29 is 22.8 Å². The van der Waals surface area contributed by atoms with Gasteiger partial charge in [0.1, 0.15) is 5.75 Å². The summed E-state index contributed by atoms with van der Waals surface area (Å²) in [6.45, 7) is 0. The lowest BCUT2D eigenvalue weighted by Crippen LogP contribution is -2.06. The average Bonchev–Trinajstić information content (AvgIpc) is 2.38. The predicted octanol–water partition coefficient (Wildman–Crippen LogP) is 4.41.